The van der Waals surface area contributed by atoms with Crippen LogP contribution in [0.15, 0.2) is 47.0 Å². The molecule has 0 aliphatic heterocycles. The Kier molecular flexibility index (Phi) is 9.36. The molecule has 0 radical (unpaired) electrons. The first-order valence-corrected chi connectivity index (χ1v) is 11.2. The Bertz CT molecular complexity index is 1240. The largest absolute Gasteiger partial charge is 0.457 e. The summed E-state index contributed by atoms with van der Waals surface area (Å²) in [4.78, 5) is 36.9. The average Bonchev–Trinajstić information content (AvgIpc) is 3.23. The number of hydrogen-bond donors (Lipinski definition) is 2. The zero-order valence-corrected chi connectivity index (χ0v) is 19.7. The van der Waals surface area contributed by atoms with E-state index in [1.54, 1.807) is 6.92 Å². The number of aromatic nitrogens is 1. The highest BCUT2D eigenvalue weighted by Gasteiger charge is 2.22. The SMILES string of the molecule is CCCC(NC(=O)Cc1cc(F)cc(F)c1)C(=O)Nc1cc(COC(=O)Cc2cc(F)cc(F)c2)on1. The fourth-order valence-electron chi connectivity index (χ4n) is 3.44. The van der Waals surface area contributed by atoms with Crippen molar-refractivity contribution in [2.75, 3.05) is 5.32 Å². The van der Waals surface area contributed by atoms with Gasteiger partial charge < -0.3 is 19.9 Å². The lowest BCUT2D eigenvalue weighted by Crippen LogP contribution is -2.44. The Labute approximate surface area is 209 Å². The second kappa shape index (κ2) is 12.7. The van der Waals surface area contributed by atoms with Gasteiger partial charge in [-0.25, -0.2) is 17.6 Å². The molecular weight excluding hydrogens is 498 g/mol. The number of hydrogen-bond acceptors (Lipinski definition) is 6. The molecule has 0 fully saturated rings. The molecular formula is C25H23F4N3O5. The molecule has 37 heavy (non-hydrogen) atoms. The fraction of sp³-hybridized carbons (Fsp3) is 0.280. The highest BCUT2D eigenvalue weighted by Crippen LogP contribution is 2.14. The van der Waals surface area contributed by atoms with Crippen LogP contribution < -0.4 is 10.6 Å². The van der Waals surface area contributed by atoms with Crippen molar-refractivity contribution in [1.82, 2.24) is 10.5 Å². The summed E-state index contributed by atoms with van der Waals surface area (Å²) in [5.74, 6) is -5.19. The highest BCUT2D eigenvalue weighted by molar-refractivity contribution is 5.96. The summed E-state index contributed by atoms with van der Waals surface area (Å²) in [7, 11) is 0. The minimum atomic E-state index is -0.958. The van der Waals surface area contributed by atoms with Crippen molar-refractivity contribution in [2.24, 2.45) is 0 Å². The molecule has 0 aliphatic carbocycles. The van der Waals surface area contributed by atoms with Gasteiger partial charge in [-0.15, -0.1) is 0 Å². The minimum absolute atomic E-state index is 0.00851. The maximum absolute atomic E-state index is 13.4. The topological polar surface area (TPSA) is 111 Å². The van der Waals surface area contributed by atoms with Crippen LogP contribution in [0.1, 0.15) is 36.7 Å². The molecule has 2 N–H and O–H groups in total. The fourth-order valence-corrected chi connectivity index (χ4v) is 3.44. The van der Waals surface area contributed by atoms with Gasteiger partial charge in [0.05, 0.1) is 12.8 Å². The molecule has 1 unspecified atom stereocenters. The van der Waals surface area contributed by atoms with E-state index in [4.69, 9.17) is 9.26 Å². The predicted octanol–water partition coefficient (Wildman–Crippen LogP) is 3.98. The van der Waals surface area contributed by atoms with E-state index in [-0.39, 0.29) is 48.6 Å². The molecule has 8 nitrogen and oxygen atoms in total. The average molecular weight is 521 g/mol. The summed E-state index contributed by atoms with van der Waals surface area (Å²) in [6.45, 7) is 1.45. The zero-order valence-electron chi connectivity index (χ0n) is 19.7. The molecule has 3 aromatic rings. The Balaban J connectivity index is 1.51. The van der Waals surface area contributed by atoms with Crippen LogP contribution in [0.3, 0.4) is 0 Å². The predicted molar refractivity (Wildman–Crippen MR) is 122 cm³/mol. The normalized spacial score (nSPS) is 11.6. The van der Waals surface area contributed by atoms with Crippen LogP contribution in [0.4, 0.5) is 23.4 Å². The number of halogens is 4. The molecule has 2 amide bonds. The third kappa shape index (κ3) is 8.74. The molecule has 2 aromatic carbocycles. The molecule has 3 rings (SSSR count). The van der Waals surface area contributed by atoms with Gasteiger partial charge in [-0.05, 0) is 41.8 Å². The number of nitrogens with one attached hydrogen (secondary N) is 2. The maximum atomic E-state index is 13.4. The van der Waals surface area contributed by atoms with Gasteiger partial charge >= 0.3 is 5.97 Å². The van der Waals surface area contributed by atoms with E-state index in [0.717, 1.165) is 24.3 Å². The van der Waals surface area contributed by atoms with Gasteiger partial charge in [0.25, 0.3) is 0 Å². The Morgan fingerprint density at radius 2 is 1.46 bits per heavy atom. The summed E-state index contributed by atoms with van der Waals surface area (Å²) < 4.78 is 63.2. The molecule has 0 aliphatic rings. The van der Waals surface area contributed by atoms with E-state index in [9.17, 15) is 31.9 Å². The van der Waals surface area contributed by atoms with Crippen molar-refractivity contribution in [3.05, 3.63) is 82.6 Å². The van der Waals surface area contributed by atoms with Gasteiger partial charge in [0, 0.05) is 18.2 Å². The quantitative estimate of drug-likeness (QED) is 0.292. The molecule has 196 valence electrons. The van der Waals surface area contributed by atoms with Gasteiger partial charge in [-0.1, -0.05) is 18.5 Å². The molecule has 1 aromatic heterocycles. The lowest BCUT2D eigenvalue weighted by Gasteiger charge is -2.17. The molecule has 0 spiro atoms. The summed E-state index contributed by atoms with van der Waals surface area (Å²) in [6, 6.07) is 5.78. The maximum Gasteiger partial charge on any atom is 0.310 e. The summed E-state index contributed by atoms with van der Waals surface area (Å²) in [5, 5.41) is 8.66. The molecule has 12 heteroatoms. The highest BCUT2D eigenvalue weighted by atomic mass is 19.1. The minimum Gasteiger partial charge on any atom is -0.457 e. The third-order valence-corrected chi connectivity index (χ3v) is 4.97. The number of nitrogens with zero attached hydrogens (tertiary/aromatic N) is 1. The lowest BCUT2D eigenvalue weighted by molar-refractivity contribution is -0.144. The van der Waals surface area contributed by atoms with Crippen LogP contribution in [0.25, 0.3) is 0 Å². The van der Waals surface area contributed by atoms with Crippen LogP contribution in [0.5, 0.6) is 0 Å². The van der Waals surface area contributed by atoms with Crippen LogP contribution in [0, 0.1) is 23.3 Å². The number of esters is 1. The van der Waals surface area contributed by atoms with Crippen molar-refractivity contribution in [3.8, 4) is 0 Å². The van der Waals surface area contributed by atoms with E-state index in [0.29, 0.717) is 18.6 Å². The number of anilines is 1. The van der Waals surface area contributed by atoms with Gasteiger partial charge in [-0.3, -0.25) is 14.4 Å². The van der Waals surface area contributed by atoms with Crippen molar-refractivity contribution in [1.29, 1.82) is 0 Å². The first kappa shape index (κ1) is 27.4. The molecule has 0 bridgehead atoms. The van der Waals surface area contributed by atoms with Crippen LogP contribution in [-0.2, 0) is 38.6 Å². The number of rotatable bonds is 11. The van der Waals surface area contributed by atoms with Gasteiger partial charge in [0.15, 0.2) is 18.2 Å². The number of amides is 2. The van der Waals surface area contributed by atoms with Crippen molar-refractivity contribution in [3.63, 3.8) is 0 Å². The second-order valence-electron chi connectivity index (χ2n) is 8.15. The van der Waals surface area contributed by atoms with Gasteiger partial charge in [0.1, 0.15) is 29.3 Å². The van der Waals surface area contributed by atoms with E-state index in [2.05, 4.69) is 15.8 Å². The number of carbonyl (C=O) groups is 3. The molecule has 1 atom stereocenters. The van der Waals surface area contributed by atoms with Gasteiger partial charge in [0.2, 0.25) is 11.8 Å². The van der Waals surface area contributed by atoms with E-state index < -0.39 is 47.1 Å². The summed E-state index contributed by atoms with van der Waals surface area (Å²) >= 11 is 0. The molecule has 1 heterocycles. The van der Waals surface area contributed by atoms with Crippen LogP contribution in [-0.4, -0.2) is 29.0 Å². The smallest absolute Gasteiger partial charge is 0.310 e. The first-order valence-electron chi connectivity index (χ1n) is 11.2. The van der Waals surface area contributed by atoms with Crippen molar-refractivity contribution < 1.29 is 41.2 Å². The number of ether oxygens (including phenoxy) is 1. The van der Waals surface area contributed by atoms with Gasteiger partial charge in [-0.2, -0.15) is 0 Å². The van der Waals surface area contributed by atoms with Crippen LogP contribution in [0.2, 0.25) is 0 Å². The van der Waals surface area contributed by atoms with Crippen molar-refractivity contribution >= 4 is 23.6 Å². The summed E-state index contributed by atoms with van der Waals surface area (Å²) in [6.07, 6.45) is 0.122. The Morgan fingerprint density at radius 3 is 2.03 bits per heavy atom. The first-order chi connectivity index (χ1) is 17.6. The Morgan fingerprint density at radius 1 is 0.892 bits per heavy atom. The van der Waals surface area contributed by atoms with Crippen molar-refractivity contribution in [2.45, 2.75) is 45.3 Å². The lowest BCUT2D eigenvalue weighted by atomic mass is 10.1. The molecule has 0 saturated carbocycles. The second-order valence-corrected chi connectivity index (χ2v) is 8.15. The third-order valence-electron chi connectivity index (χ3n) is 4.97. The zero-order chi connectivity index (χ0) is 26.9. The monoisotopic (exact) mass is 521 g/mol. The summed E-state index contributed by atoms with van der Waals surface area (Å²) in [5.41, 5.74) is 0.212. The molecule has 0 saturated heterocycles. The Hall–Kier alpha value is -4.22. The number of carbonyl (C=O) groups excluding carboxylic acids is 3. The van der Waals surface area contributed by atoms with E-state index >= 15 is 0 Å². The standard InChI is InChI=1S/C25H23F4N3O5/c1-2-3-21(30-23(33)8-14-4-16(26)10-17(27)5-14)25(35)31-22-12-20(37-32-22)13-36-24(34)9-15-6-18(28)11-19(29)7-15/h4-7,10-12,21H,2-3,8-9,13H2,1H3,(H,30,33)(H,31,32,35). The number of benzene rings is 2. The van der Waals surface area contributed by atoms with Crippen LogP contribution >= 0.6 is 0 Å². The van der Waals surface area contributed by atoms with E-state index in [1.165, 1.54) is 6.07 Å². The van der Waals surface area contributed by atoms with E-state index in [1.807, 2.05) is 0 Å².